The fraction of sp³-hybridized carbons (Fsp3) is 0.778. The van der Waals surface area contributed by atoms with Crippen LogP contribution in [0.25, 0.3) is 0 Å². The lowest BCUT2D eigenvalue weighted by Gasteiger charge is -2.28. The highest BCUT2D eigenvalue weighted by Gasteiger charge is 2.21. The number of hydrogen-bond donors (Lipinski definition) is 0. The topological polar surface area (TPSA) is 111 Å². The maximum absolute atomic E-state index is 12.7. The van der Waals surface area contributed by atoms with Gasteiger partial charge in [-0.05, 0) is 57.8 Å². The Hall–Kier alpha value is -2.29. The van der Waals surface area contributed by atoms with Crippen molar-refractivity contribution in [2.24, 2.45) is 0 Å². The van der Waals surface area contributed by atoms with Gasteiger partial charge in [-0.1, -0.05) is 209 Å². The molecule has 0 N–H and O–H groups in total. The first kappa shape index (κ1) is 61.7. The molecule has 372 valence electrons. The van der Waals surface area contributed by atoms with E-state index in [0.717, 1.165) is 70.6 Å². The maximum atomic E-state index is 12.7. The molecule has 0 saturated heterocycles. The van der Waals surface area contributed by atoms with Crippen LogP contribution >= 0.6 is 7.82 Å². The highest BCUT2D eigenvalue weighted by Crippen LogP contribution is 2.38. The van der Waals surface area contributed by atoms with Crippen molar-refractivity contribution in [1.82, 2.24) is 0 Å². The number of hydrogen-bond acceptors (Lipinski definition) is 8. The van der Waals surface area contributed by atoms with Crippen LogP contribution in [0.4, 0.5) is 0 Å². The molecule has 0 spiro atoms. The molecule has 0 aromatic carbocycles. The van der Waals surface area contributed by atoms with Crippen molar-refractivity contribution in [3.05, 3.63) is 60.8 Å². The molecule has 9 nitrogen and oxygen atoms in total. The molecule has 2 atom stereocenters. The molecule has 0 fully saturated rings. The second-order valence-corrected chi connectivity index (χ2v) is 19.9. The summed E-state index contributed by atoms with van der Waals surface area (Å²) in [5, 5.41) is 0. The van der Waals surface area contributed by atoms with Crippen molar-refractivity contribution in [2.75, 3.05) is 47.5 Å². The predicted molar refractivity (Wildman–Crippen MR) is 268 cm³/mol. The van der Waals surface area contributed by atoms with Crippen LogP contribution in [0.3, 0.4) is 0 Å². The third kappa shape index (κ3) is 49.2. The van der Waals surface area contributed by atoms with Gasteiger partial charge in [-0.25, -0.2) is 0 Å². The van der Waals surface area contributed by atoms with Crippen molar-refractivity contribution >= 4 is 19.8 Å². The lowest BCUT2D eigenvalue weighted by atomic mass is 10.0. The van der Waals surface area contributed by atoms with E-state index in [0.29, 0.717) is 17.4 Å². The number of nitrogens with zero attached hydrogens (tertiary/aromatic N) is 1. The monoisotopic (exact) mass is 920 g/mol. The lowest BCUT2D eigenvalue weighted by Crippen LogP contribution is -2.37. The average Bonchev–Trinajstić information content (AvgIpc) is 3.25. The van der Waals surface area contributed by atoms with Gasteiger partial charge in [-0.15, -0.1) is 0 Å². The first-order valence-corrected chi connectivity index (χ1v) is 27.5. The molecule has 0 heterocycles. The summed E-state index contributed by atoms with van der Waals surface area (Å²) in [5.41, 5.74) is 0. The first-order valence-electron chi connectivity index (χ1n) is 26.0. The predicted octanol–water partition coefficient (Wildman–Crippen LogP) is 15.0. The summed E-state index contributed by atoms with van der Waals surface area (Å²) in [7, 11) is 1.17. The van der Waals surface area contributed by atoms with Crippen molar-refractivity contribution < 1.29 is 42.1 Å². The fourth-order valence-corrected chi connectivity index (χ4v) is 7.76. The Morgan fingerprint density at radius 2 is 0.891 bits per heavy atom. The number of ether oxygens (including phenoxy) is 2. The summed E-state index contributed by atoms with van der Waals surface area (Å²) in [6, 6.07) is 0. The van der Waals surface area contributed by atoms with Crippen molar-refractivity contribution in [3.63, 3.8) is 0 Å². The number of quaternary nitrogens is 1. The van der Waals surface area contributed by atoms with E-state index < -0.39 is 26.5 Å². The Balaban J connectivity index is 4.11. The Morgan fingerprint density at radius 3 is 1.33 bits per heavy atom. The van der Waals surface area contributed by atoms with E-state index in [4.69, 9.17) is 18.5 Å². The van der Waals surface area contributed by atoms with Crippen molar-refractivity contribution in [2.45, 2.75) is 225 Å². The number of carbonyl (C=O) groups is 2. The van der Waals surface area contributed by atoms with Crippen LogP contribution in [0.5, 0.6) is 0 Å². The second kappa shape index (κ2) is 45.8. The molecule has 64 heavy (non-hydrogen) atoms. The van der Waals surface area contributed by atoms with Gasteiger partial charge >= 0.3 is 11.9 Å². The molecule has 0 bridgehead atoms. The number of phosphoric acid groups is 1. The zero-order valence-electron chi connectivity index (χ0n) is 42.0. The molecular formula is C54H98NO8P. The van der Waals surface area contributed by atoms with Gasteiger partial charge in [0, 0.05) is 12.8 Å². The molecule has 0 aliphatic heterocycles. The van der Waals surface area contributed by atoms with Crippen LogP contribution in [0, 0.1) is 0 Å². The van der Waals surface area contributed by atoms with Gasteiger partial charge < -0.3 is 27.9 Å². The Labute approximate surface area is 394 Å². The average molecular weight is 920 g/mol. The highest BCUT2D eigenvalue weighted by molar-refractivity contribution is 7.45. The molecule has 0 aliphatic rings. The Morgan fingerprint density at radius 1 is 0.500 bits per heavy atom. The van der Waals surface area contributed by atoms with Gasteiger partial charge in [-0.3, -0.25) is 14.2 Å². The minimum atomic E-state index is -4.63. The molecular weight excluding hydrogens is 822 g/mol. The number of esters is 2. The second-order valence-electron chi connectivity index (χ2n) is 18.5. The first-order chi connectivity index (χ1) is 31.0. The third-order valence-electron chi connectivity index (χ3n) is 11.1. The number of carbonyl (C=O) groups excluding carboxylic acids is 2. The zero-order valence-corrected chi connectivity index (χ0v) is 42.9. The summed E-state index contributed by atoms with van der Waals surface area (Å²) in [6.45, 7) is 4.12. The van der Waals surface area contributed by atoms with Crippen LogP contribution in [0.1, 0.15) is 219 Å². The number of phosphoric ester groups is 1. The van der Waals surface area contributed by atoms with E-state index in [1.54, 1.807) is 0 Å². The summed E-state index contributed by atoms with van der Waals surface area (Å²) in [4.78, 5) is 37.6. The largest absolute Gasteiger partial charge is 0.756 e. The SMILES string of the molecule is CC/C=C\C/C=C\C/C=C\C/C=C\C/C=C\CCCCCCCCCCCCCCCC(=O)OC(COC(=O)CCCCCCCCCCCCC)COP(=O)([O-])OCC[N+](C)(C)C. The summed E-state index contributed by atoms with van der Waals surface area (Å²) >= 11 is 0. The van der Waals surface area contributed by atoms with E-state index in [1.807, 2.05) is 21.1 Å². The molecule has 0 aromatic heterocycles. The Kier molecular flexibility index (Phi) is 44.2. The molecule has 0 saturated carbocycles. The highest BCUT2D eigenvalue weighted by atomic mass is 31.2. The van der Waals surface area contributed by atoms with Gasteiger partial charge in [0.15, 0.2) is 6.10 Å². The van der Waals surface area contributed by atoms with E-state index in [1.165, 1.54) is 116 Å². The van der Waals surface area contributed by atoms with E-state index in [2.05, 4.69) is 74.6 Å². The van der Waals surface area contributed by atoms with Gasteiger partial charge in [-0.2, -0.15) is 0 Å². The van der Waals surface area contributed by atoms with Crippen molar-refractivity contribution in [1.29, 1.82) is 0 Å². The van der Waals surface area contributed by atoms with Crippen LogP contribution in [0.15, 0.2) is 60.8 Å². The van der Waals surface area contributed by atoms with Gasteiger partial charge in [0.05, 0.1) is 27.7 Å². The van der Waals surface area contributed by atoms with E-state index >= 15 is 0 Å². The molecule has 0 amide bonds. The third-order valence-corrected chi connectivity index (χ3v) is 12.0. The Bertz CT molecular complexity index is 1270. The van der Waals surface area contributed by atoms with Gasteiger partial charge in [0.1, 0.15) is 19.8 Å². The zero-order chi connectivity index (χ0) is 47.1. The minimum Gasteiger partial charge on any atom is -0.756 e. The number of unbranched alkanes of at least 4 members (excludes halogenated alkanes) is 23. The summed E-state index contributed by atoms with van der Waals surface area (Å²) in [6.07, 6.45) is 56.9. The minimum absolute atomic E-state index is 0.0312. The maximum Gasteiger partial charge on any atom is 0.306 e. The van der Waals surface area contributed by atoms with E-state index in [9.17, 15) is 19.0 Å². The fourth-order valence-electron chi connectivity index (χ4n) is 7.04. The van der Waals surface area contributed by atoms with E-state index in [-0.39, 0.29) is 32.0 Å². The van der Waals surface area contributed by atoms with Crippen LogP contribution < -0.4 is 4.89 Å². The normalized spacial score (nSPS) is 13.9. The number of rotatable bonds is 47. The molecule has 0 aromatic rings. The van der Waals surface area contributed by atoms with Crippen LogP contribution in [-0.2, 0) is 32.7 Å². The summed E-state index contributed by atoms with van der Waals surface area (Å²) in [5.74, 6) is -0.832. The lowest BCUT2D eigenvalue weighted by molar-refractivity contribution is -0.870. The van der Waals surface area contributed by atoms with Crippen molar-refractivity contribution in [3.8, 4) is 0 Å². The quantitative estimate of drug-likeness (QED) is 0.0195. The van der Waals surface area contributed by atoms with Gasteiger partial charge in [0.2, 0.25) is 0 Å². The summed E-state index contributed by atoms with van der Waals surface area (Å²) < 4.78 is 34.0. The van der Waals surface area contributed by atoms with Crippen LogP contribution in [0.2, 0.25) is 0 Å². The molecule has 10 heteroatoms. The van der Waals surface area contributed by atoms with Gasteiger partial charge in [0.25, 0.3) is 7.82 Å². The van der Waals surface area contributed by atoms with Crippen LogP contribution in [-0.4, -0.2) is 70.0 Å². The number of likely N-dealkylation sites (N-methyl/N-ethyl adjacent to an activating group) is 1. The number of allylic oxidation sites excluding steroid dienone is 10. The standard InChI is InChI=1S/C54H98NO8P/c1-6-8-10-12-14-16-18-19-20-21-22-23-24-25-26-27-28-29-30-31-32-33-34-35-37-39-41-43-45-47-54(57)63-52(51-62-64(58,59)61-49-48-55(3,4)5)50-60-53(56)46-44-42-40-38-36-17-15-13-11-9-7-2/h8,10,14,16,19-20,22-23,25-26,52H,6-7,9,11-13,15,17-18,21,24,27-51H2,1-5H3/b10-8-,16-14-,20-19-,23-22-,26-25-. The molecule has 2 unspecified atom stereocenters. The molecule has 0 aliphatic carbocycles. The molecule has 0 rings (SSSR count). The smallest absolute Gasteiger partial charge is 0.306 e. The molecule has 0 radical (unpaired) electrons.